The highest BCUT2D eigenvalue weighted by atomic mass is 32.1. The van der Waals surface area contributed by atoms with Gasteiger partial charge in [-0.1, -0.05) is 53.8 Å². The molecule has 1 N–H and O–H groups in total. The van der Waals surface area contributed by atoms with Gasteiger partial charge in [-0.3, -0.25) is 14.5 Å². The second-order valence-corrected chi connectivity index (χ2v) is 10.5. The molecule has 0 saturated carbocycles. The van der Waals surface area contributed by atoms with E-state index in [1.54, 1.807) is 48.5 Å². The lowest BCUT2D eigenvalue weighted by molar-refractivity contribution is -0.132. The zero-order valence-electron chi connectivity index (χ0n) is 22.8. The van der Waals surface area contributed by atoms with Gasteiger partial charge in [-0.15, -0.1) is 0 Å². The van der Waals surface area contributed by atoms with Crippen LogP contribution in [-0.4, -0.2) is 35.5 Å². The number of Topliss-reactive ketones (excluding diaryl/α,β-unsaturated/α-hetero) is 1. The van der Waals surface area contributed by atoms with Crippen LogP contribution in [0.25, 0.3) is 16.0 Å². The molecule has 5 aromatic rings. The molecule has 1 saturated heterocycles. The minimum Gasteiger partial charge on any atom is -0.507 e. The maximum Gasteiger partial charge on any atom is 0.301 e. The van der Waals surface area contributed by atoms with Crippen molar-refractivity contribution in [3.8, 4) is 23.0 Å². The number of hydrogen-bond donors (Lipinski definition) is 1. The summed E-state index contributed by atoms with van der Waals surface area (Å²) in [6.45, 7) is 2.41. The number of benzene rings is 4. The topological polar surface area (TPSA) is 98.2 Å². The number of aliphatic hydroxyl groups excluding tert-OH is 1. The maximum absolute atomic E-state index is 13.7. The Hall–Kier alpha value is -5.15. The number of rotatable bonds is 8. The first-order chi connectivity index (χ1) is 20.5. The van der Waals surface area contributed by atoms with Gasteiger partial charge < -0.3 is 19.3 Å². The summed E-state index contributed by atoms with van der Waals surface area (Å²) in [4.78, 5) is 33.4. The molecule has 2 heterocycles. The molecule has 9 heteroatoms. The number of methoxy groups -OCH3 is 1. The van der Waals surface area contributed by atoms with Crippen LogP contribution < -0.4 is 19.1 Å². The Bertz CT molecular complexity index is 1830. The lowest BCUT2D eigenvalue weighted by Crippen LogP contribution is -2.29. The van der Waals surface area contributed by atoms with E-state index < -0.39 is 17.7 Å². The van der Waals surface area contributed by atoms with Crippen molar-refractivity contribution < 1.29 is 28.9 Å². The van der Waals surface area contributed by atoms with Crippen LogP contribution in [0.5, 0.6) is 23.0 Å². The Balaban J connectivity index is 1.51. The molecule has 1 unspecified atom stereocenters. The summed E-state index contributed by atoms with van der Waals surface area (Å²) in [6, 6.07) is 27.6. The van der Waals surface area contributed by atoms with Crippen LogP contribution >= 0.6 is 11.3 Å². The Labute approximate surface area is 246 Å². The summed E-state index contributed by atoms with van der Waals surface area (Å²) in [5.74, 6) is 0.412. The first kappa shape index (κ1) is 27.0. The Morgan fingerprint density at radius 2 is 1.64 bits per heavy atom. The highest BCUT2D eigenvalue weighted by Gasteiger charge is 2.48. The maximum atomic E-state index is 13.7. The molecule has 1 aliphatic rings. The number of para-hydroxylation sites is 1. The largest absolute Gasteiger partial charge is 0.507 e. The Morgan fingerprint density at radius 3 is 2.43 bits per heavy atom. The van der Waals surface area contributed by atoms with E-state index in [1.807, 2.05) is 55.5 Å². The van der Waals surface area contributed by atoms with Gasteiger partial charge in [0.15, 0.2) is 5.13 Å². The van der Waals surface area contributed by atoms with Crippen molar-refractivity contribution in [3.63, 3.8) is 0 Å². The number of ether oxygens (including phenoxy) is 3. The fourth-order valence-corrected chi connectivity index (χ4v) is 5.92. The fraction of sp³-hybridized carbons (Fsp3) is 0.121. The van der Waals surface area contributed by atoms with E-state index >= 15 is 0 Å². The quantitative estimate of drug-likeness (QED) is 0.119. The third-order valence-corrected chi connectivity index (χ3v) is 7.82. The molecule has 1 fully saturated rings. The second-order valence-electron chi connectivity index (χ2n) is 9.45. The highest BCUT2D eigenvalue weighted by Crippen LogP contribution is 2.45. The molecule has 42 heavy (non-hydrogen) atoms. The van der Waals surface area contributed by atoms with Gasteiger partial charge in [0.2, 0.25) is 0 Å². The van der Waals surface area contributed by atoms with Crippen LogP contribution in [0.1, 0.15) is 24.1 Å². The van der Waals surface area contributed by atoms with Gasteiger partial charge in [-0.25, -0.2) is 4.98 Å². The minimum absolute atomic E-state index is 0.0561. The molecular formula is C33H26N2O6S. The molecule has 4 aromatic carbocycles. The van der Waals surface area contributed by atoms with Gasteiger partial charge in [-0.2, -0.15) is 0 Å². The number of aliphatic hydroxyl groups is 1. The van der Waals surface area contributed by atoms with Crippen LogP contribution in [0.2, 0.25) is 0 Å². The number of carbonyl (C=O) groups excluding carboxylic acids is 2. The highest BCUT2D eigenvalue weighted by molar-refractivity contribution is 7.22. The van der Waals surface area contributed by atoms with Crippen molar-refractivity contribution in [1.82, 2.24) is 4.98 Å². The number of anilines is 1. The van der Waals surface area contributed by atoms with E-state index in [0.29, 0.717) is 51.4 Å². The van der Waals surface area contributed by atoms with Crippen molar-refractivity contribution >= 4 is 44.1 Å². The third-order valence-electron chi connectivity index (χ3n) is 6.81. The monoisotopic (exact) mass is 578 g/mol. The predicted octanol–water partition coefficient (Wildman–Crippen LogP) is 7.12. The molecule has 210 valence electrons. The van der Waals surface area contributed by atoms with E-state index in [-0.39, 0.29) is 11.3 Å². The van der Waals surface area contributed by atoms with E-state index in [4.69, 9.17) is 19.2 Å². The molecule has 0 radical (unpaired) electrons. The first-order valence-corrected chi connectivity index (χ1v) is 14.1. The molecule has 8 nitrogen and oxygen atoms in total. The predicted molar refractivity (Wildman–Crippen MR) is 162 cm³/mol. The lowest BCUT2D eigenvalue weighted by atomic mass is 9.95. The fourth-order valence-electron chi connectivity index (χ4n) is 4.90. The van der Waals surface area contributed by atoms with Gasteiger partial charge in [0.25, 0.3) is 5.78 Å². The first-order valence-electron chi connectivity index (χ1n) is 13.3. The normalized spacial score (nSPS) is 16.1. The summed E-state index contributed by atoms with van der Waals surface area (Å²) in [5, 5.41) is 11.8. The van der Waals surface area contributed by atoms with E-state index in [9.17, 15) is 14.7 Å². The number of ketones is 1. The van der Waals surface area contributed by atoms with E-state index in [1.165, 1.54) is 23.3 Å². The molecule has 0 bridgehead atoms. The van der Waals surface area contributed by atoms with Gasteiger partial charge in [0.05, 0.1) is 35.5 Å². The van der Waals surface area contributed by atoms with Gasteiger partial charge in [0, 0.05) is 5.56 Å². The smallest absolute Gasteiger partial charge is 0.301 e. The van der Waals surface area contributed by atoms with Crippen LogP contribution in [0.15, 0.2) is 103 Å². The van der Waals surface area contributed by atoms with Gasteiger partial charge in [-0.05, 0) is 67.1 Å². The van der Waals surface area contributed by atoms with Crippen LogP contribution in [0.3, 0.4) is 0 Å². The van der Waals surface area contributed by atoms with Crippen LogP contribution in [0.4, 0.5) is 5.13 Å². The summed E-state index contributed by atoms with van der Waals surface area (Å²) in [6.07, 6.45) is 0. The SMILES string of the molecule is CCOc1ccc2nc(N3C(=O)C(=O)/C(=C(/O)c4cccc(OC)c4)C3c3cccc(Oc4ccccc4)c3)sc2c1. The second kappa shape index (κ2) is 11.4. The average Bonchev–Trinajstić information content (AvgIpc) is 3.55. The van der Waals surface area contributed by atoms with Crippen molar-refractivity contribution in [2.45, 2.75) is 13.0 Å². The summed E-state index contributed by atoms with van der Waals surface area (Å²) in [5.41, 5.74) is 1.52. The number of nitrogens with zero attached hydrogens (tertiary/aromatic N) is 2. The lowest BCUT2D eigenvalue weighted by Gasteiger charge is -2.23. The Morgan fingerprint density at radius 1 is 0.881 bits per heavy atom. The molecule has 1 atom stereocenters. The zero-order chi connectivity index (χ0) is 29.2. The third kappa shape index (κ3) is 5.06. The number of carbonyl (C=O) groups is 2. The molecule has 6 rings (SSSR count). The number of thiazole rings is 1. The summed E-state index contributed by atoms with van der Waals surface area (Å²) < 4.78 is 17.8. The van der Waals surface area contributed by atoms with Crippen molar-refractivity contribution in [3.05, 3.63) is 114 Å². The average molecular weight is 579 g/mol. The van der Waals surface area contributed by atoms with Crippen molar-refractivity contribution in [2.24, 2.45) is 0 Å². The van der Waals surface area contributed by atoms with Crippen molar-refractivity contribution in [1.29, 1.82) is 0 Å². The Kier molecular flexibility index (Phi) is 7.33. The van der Waals surface area contributed by atoms with Crippen LogP contribution in [0, 0.1) is 0 Å². The van der Waals surface area contributed by atoms with Crippen molar-refractivity contribution in [2.75, 3.05) is 18.6 Å². The number of hydrogen-bond acceptors (Lipinski definition) is 8. The number of fused-ring (bicyclic) bond motifs is 1. The van der Waals surface area contributed by atoms with Gasteiger partial charge in [0.1, 0.15) is 28.8 Å². The summed E-state index contributed by atoms with van der Waals surface area (Å²) in [7, 11) is 1.51. The number of aromatic nitrogens is 1. The molecule has 0 spiro atoms. The van der Waals surface area contributed by atoms with Crippen LogP contribution in [-0.2, 0) is 9.59 Å². The van der Waals surface area contributed by atoms with E-state index in [0.717, 1.165) is 4.70 Å². The molecule has 1 amide bonds. The minimum atomic E-state index is -0.970. The standard InChI is InChI=1S/C33H26N2O6S/c1-3-40-24-15-16-26-27(19-24)42-33(34-26)35-29(20-9-7-14-25(17-20)41-22-11-5-4-6-12-22)28(31(37)32(35)38)30(36)21-10-8-13-23(18-21)39-2/h4-19,29,36H,3H2,1-2H3/b30-28+. The zero-order valence-corrected chi connectivity index (χ0v) is 23.6. The van der Waals surface area contributed by atoms with Gasteiger partial charge >= 0.3 is 5.91 Å². The molecular weight excluding hydrogens is 552 g/mol. The number of amides is 1. The molecule has 1 aromatic heterocycles. The summed E-state index contributed by atoms with van der Waals surface area (Å²) >= 11 is 1.27. The molecule has 1 aliphatic heterocycles. The van der Waals surface area contributed by atoms with E-state index in [2.05, 4.69) is 0 Å². The molecule has 0 aliphatic carbocycles.